The lowest BCUT2D eigenvalue weighted by molar-refractivity contribution is 0.103. The average Bonchev–Trinajstić information content (AvgIpc) is 3.24. The lowest BCUT2D eigenvalue weighted by atomic mass is 10.0. The molecule has 0 saturated heterocycles. The van der Waals surface area contributed by atoms with Crippen LogP contribution in [0.5, 0.6) is 0 Å². The first-order chi connectivity index (χ1) is 12.9. The van der Waals surface area contributed by atoms with E-state index in [0.717, 1.165) is 11.1 Å². The second-order valence-corrected chi connectivity index (χ2v) is 7.77. The van der Waals surface area contributed by atoms with Gasteiger partial charge in [0.2, 0.25) is 0 Å². The number of hydrogen-bond donors (Lipinski definition) is 2. The van der Waals surface area contributed by atoms with Gasteiger partial charge < -0.3 is 15.3 Å². The van der Waals surface area contributed by atoms with Gasteiger partial charge in [-0.3, -0.25) is 9.48 Å². The summed E-state index contributed by atoms with van der Waals surface area (Å²) in [4.78, 5) is 15.3. The van der Waals surface area contributed by atoms with E-state index >= 15 is 0 Å². The highest BCUT2D eigenvalue weighted by molar-refractivity contribution is 7.12. The largest absolute Gasteiger partial charge is 0.390 e. The molecule has 0 saturated carbocycles. The van der Waals surface area contributed by atoms with E-state index in [-0.39, 0.29) is 5.91 Å². The Morgan fingerprint density at radius 1 is 1.30 bits per heavy atom. The summed E-state index contributed by atoms with van der Waals surface area (Å²) in [5, 5.41) is 19.0. The van der Waals surface area contributed by atoms with Crippen LogP contribution >= 0.6 is 11.3 Å². The number of hydrogen-bond acceptors (Lipinski definition) is 5. The van der Waals surface area contributed by atoms with Crippen molar-refractivity contribution < 1.29 is 9.90 Å². The van der Waals surface area contributed by atoms with Gasteiger partial charge in [-0.25, -0.2) is 0 Å². The second-order valence-electron chi connectivity index (χ2n) is 6.85. The predicted octanol–water partition coefficient (Wildman–Crippen LogP) is 3.09. The van der Waals surface area contributed by atoms with E-state index < -0.39 is 6.10 Å². The van der Waals surface area contributed by atoms with Crippen molar-refractivity contribution in [1.82, 2.24) is 14.7 Å². The summed E-state index contributed by atoms with van der Waals surface area (Å²) in [5.41, 5.74) is 3.74. The first-order valence-corrected chi connectivity index (χ1v) is 9.61. The molecule has 7 heteroatoms. The SMILES string of the molecule is Cc1ccc(-c2ccsc2C(=O)Nc2cnn(CC(O)CN(C)C)c2)cc1. The van der Waals surface area contributed by atoms with Gasteiger partial charge in [0.25, 0.3) is 5.91 Å². The molecular formula is C20H24N4O2S. The fraction of sp³-hybridized carbons (Fsp3) is 0.300. The topological polar surface area (TPSA) is 70.4 Å². The van der Waals surface area contributed by atoms with Crippen LogP contribution in [0.1, 0.15) is 15.2 Å². The normalized spacial score (nSPS) is 12.3. The number of thiophene rings is 1. The summed E-state index contributed by atoms with van der Waals surface area (Å²) < 4.78 is 1.64. The van der Waals surface area contributed by atoms with Crippen LogP contribution in [0.3, 0.4) is 0 Å². The predicted molar refractivity (Wildman–Crippen MR) is 109 cm³/mol. The fourth-order valence-electron chi connectivity index (χ4n) is 2.86. The van der Waals surface area contributed by atoms with Crippen LogP contribution in [0.4, 0.5) is 5.69 Å². The van der Waals surface area contributed by atoms with E-state index in [1.807, 2.05) is 61.6 Å². The van der Waals surface area contributed by atoms with E-state index in [0.29, 0.717) is 23.7 Å². The van der Waals surface area contributed by atoms with Gasteiger partial charge in [0.15, 0.2) is 0 Å². The van der Waals surface area contributed by atoms with Gasteiger partial charge in [-0.05, 0) is 38.0 Å². The van der Waals surface area contributed by atoms with E-state index in [4.69, 9.17) is 0 Å². The Bertz CT molecular complexity index is 899. The van der Waals surface area contributed by atoms with Gasteiger partial charge >= 0.3 is 0 Å². The summed E-state index contributed by atoms with van der Waals surface area (Å²) in [6.07, 6.45) is 2.81. The quantitative estimate of drug-likeness (QED) is 0.657. The van der Waals surface area contributed by atoms with Crippen molar-refractivity contribution >= 4 is 22.9 Å². The molecule has 2 heterocycles. The zero-order chi connectivity index (χ0) is 19.4. The Morgan fingerprint density at radius 3 is 2.74 bits per heavy atom. The van der Waals surface area contributed by atoms with Gasteiger partial charge in [-0.2, -0.15) is 5.10 Å². The van der Waals surface area contributed by atoms with Crippen molar-refractivity contribution in [2.24, 2.45) is 0 Å². The Hall–Kier alpha value is -2.48. The molecule has 0 aliphatic rings. The number of nitrogens with one attached hydrogen (secondary N) is 1. The molecule has 2 aromatic heterocycles. The average molecular weight is 385 g/mol. The number of amides is 1. The van der Waals surface area contributed by atoms with E-state index in [1.165, 1.54) is 16.9 Å². The number of anilines is 1. The number of benzene rings is 1. The van der Waals surface area contributed by atoms with Crippen molar-refractivity contribution in [3.8, 4) is 11.1 Å². The standard InChI is InChI=1S/C20H24N4O2S/c1-14-4-6-15(7-5-14)18-8-9-27-19(18)20(26)22-16-10-21-24(11-16)13-17(25)12-23(2)3/h4-11,17,25H,12-13H2,1-3H3,(H,22,26). The van der Waals surface area contributed by atoms with Gasteiger partial charge in [0, 0.05) is 18.3 Å². The van der Waals surface area contributed by atoms with Crippen LogP contribution in [0.25, 0.3) is 11.1 Å². The summed E-state index contributed by atoms with van der Waals surface area (Å²) in [6, 6.07) is 10.1. The molecule has 142 valence electrons. The maximum atomic E-state index is 12.7. The number of aryl methyl sites for hydroxylation is 1. The van der Waals surface area contributed by atoms with Crippen molar-refractivity contribution in [1.29, 1.82) is 0 Å². The summed E-state index contributed by atoms with van der Waals surface area (Å²) in [5.74, 6) is -0.158. The number of likely N-dealkylation sites (N-methyl/N-ethyl adjacent to an activating group) is 1. The van der Waals surface area contributed by atoms with Crippen LogP contribution < -0.4 is 5.32 Å². The number of nitrogens with zero attached hydrogens (tertiary/aromatic N) is 3. The van der Waals surface area contributed by atoms with Crippen molar-refractivity contribution in [2.75, 3.05) is 26.0 Å². The summed E-state index contributed by atoms with van der Waals surface area (Å²) in [7, 11) is 3.81. The number of aromatic nitrogens is 2. The van der Waals surface area contributed by atoms with Crippen LogP contribution in [-0.4, -0.2) is 52.4 Å². The number of rotatable bonds is 7. The Morgan fingerprint density at radius 2 is 2.04 bits per heavy atom. The summed E-state index contributed by atoms with van der Waals surface area (Å²) in [6.45, 7) is 2.97. The third-order valence-electron chi connectivity index (χ3n) is 4.10. The smallest absolute Gasteiger partial charge is 0.266 e. The Balaban J connectivity index is 1.68. The number of aliphatic hydroxyl groups excluding tert-OH is 1. The molecule has 1 unspecified atom stereocenters. The minimum Gasteiger partial charge on any atom is -0.390 e. The molecular weight excluding hydrogens is 360 g/mol. The van der Waals surface area contributed by atoms with Crippen molar-refractivity contribution in [2.45, 2.75) is 19.6 Å². The molecule has 0 spiro atoms. The van der Waals surface area contributed by atoms with Gasteiger partial charge in [0.05, 0.1) is 29.4 Å². The highest BCUT2D eigenvalue weighted by Crippen LogP contribution is 2.29. The van der Waals surface area contributed by atoms with Crippen molar-refractivity contribution in [3.05, 3.63) is 58.5 Å². The molecule has 27 heavy (non-hydrogen) atoms. The van der Waals surface area contributed by atoms with Gasteiger partial charge in [-0.15, -0.1) is 11.3 Å². The monoisotopic (exact) mass is 384 g/mol. The molecule has 0 aliphatic carbocycles. The third-order valence-corrected chi connectivity index (χ3v) is 5.01. The Kier molecular flexibility index (Phi) is 6.05. The highest BCUT2D eigenvalue weighted by atomic mass is 32.1. The molecule has 3 rings (SSSR count). The molecule has 1 atom stereocenters. The Labute approximate surface area is 163 Å². The molecule has 3 aromatic rings. The molecule has 0 radical (unpaired) electrons. The maximum absolute atomic E-state index is 12.7. The van der Waals surface area contributed by atoms with E-state index in [9.17, 15) is 9.90 Å². The number of aliphatic hydroxyl groups is 1. The fourth-order valence-corrected chi connectivity index (χ4v) is 3.67. The van der Waals surface area contributed by atoms with E-state index in [2.05, 4.69) is 10.4 Å². The zero-order valence-electron chi connectivity index (χ0n) is 15.7. The minimum absolute atomic E-state index is 0.158. The third kappa shape index (κ3) is 5.03. The van der Waals surface area contributed by atoms with Crippen molar-refractivity contribution in [3.63, 3.8) is 0 Å². The van der Waals surface area contributed by atoms with E-state index in [1.54, 1.807) is 17.1 Å². The molecule has 0 fully saturated rings. The molecule has 1 amide bonds. The molecule has 2 N–H and O–H groups in total. The van der Waals surface area contributed by atoms with Crippen LogP contribution in [-0.2, 0) is 6.54 Å². The summed E-state index contributed by atoms with van der Waals surface area (Å²) >= 11 is 1.42. The van der Waals surface area contributed by atoms with Gasteiger partial charge in [-0.1, -0.05) is 29.8 Å². The molecule has 0 bridgehead atoms. The first kappa shape index (κ1) is 19.3. The van der Waals surface area contributed by atoms with Crippen LogP contribution in [0.15, 0.2) is 48.1 Å². The highest BCUT2D eigenvalue weighted by Gasteiger charge is 2.16. The minimum atomic E-state index is -0.520. The van der Waals surface area contributed by atoms with Crippen LogP contribution in [0.2, 0.25) is 0 Å². The number of carbonyl (C=O) groups excluding carboxylic acids is 1. The first-order valence-electron chi connectivity index (χ1n) is 8.73. The zero-order valence-corrected chi connectivity index (χ0v) is 16.5. The molecule has 0 aliphatic heterocycles. The van der Waals surface area contributed by atoms with Gasteiger partial charge in [0.1, 0.15) is 0 Å². The molecule has 6 nitrogen and oxygen atoms in total. The molecule has 1 aromatic carbocycles. The van der Waals surface area contributed by atoms with Crippen LogP contribution in [0, 0.1) is 6.92 Å². The number of carbonyl (C=O) groups is 1. The second kappa shape index (κ2) is 8.47. The lowest BCUT2D eigenvalue weighted by Crippen LogP contribution is -2.29. The lowest BCUT2D eigenvalue weighted by Gasteiger charge is -2.15. The maximum Gasteiger partial charge on any atom is 0.266 e.